The first-order valence-electron chi connectivity index (χ1n) is 7.95. The number of hydrogen-bond acceptors (Lipinski definition) is 2. The number of rotatable bonds is 2. The molecule has 0 aliphatic heterocycles. The number of halogens is 3. The van der Waals surface area contributed by atoms with Crippen molar-refractivity contribution in [1.82, 2.24) is 4.98 Å². The summed E-state index contributed by atoms with van der Waals surface area (Å²) in [6.07, 6.45) is -4.48. The Hall–Kier alpha value is -2.28. The standard InChI is InChI=1S/C19H18F3NO2S/c1-18(2,3)13-5-4-6-15(11-13)26(24,25)17-10-12-9-14(19(20,21)22)7-8-16(12)23-17/h4-11,23H,1-3H3. The zero-order valence-electron chi connectivity index (χ0n) is 14.5. The fourth-order valence-electron chi connectivity index (χ4n) is 2.68. The first-order chi connectivity index (χ1) is 11.9. The number of nitrogens with one attached hydrogen (secondary N) is 1. The zero-order valence-corrected chi connectivity index (χ0v) is 15.3. The van der Waals surface area contributed by atoms with Gasteiger partial charge in [-0.15, -0.1) is 0 Å². The van der Waals surface area contributed by atoms with E-state index in [9.17, 15) is 21.6 Å². The predicted molar refractivity (Wildman–Crippen MR) is 93.9 cm³/mol. The number of sulfone groups is 1. The molecule has 0 unspecified atom stereocenters. The minimum Gasteiger partial charge on any atom is -0.345 e. The summed E-state index contributed by atoms with van der Waals surface area (Å²) in [6, 6.07) is 10.9. The first kappa shape index (κ1) is 18.5. The number of hydrogen-bond donors (Lipinski definition) is 1. The average molecular weight is 381 g/mol. The van der Waals surface area contributed by atoms with Crippen LogP contribution in [0.2, 0.25) is 0 Å². The van der Waals surface area contributed by atoms with Crippen molar-refractivity contribution in [1.29, 1.82) is 0 Å². The third-order valence-electron chi connectivity index (χ3n) is 4.22. The number of aromatic nitrogens is 1. The molecule has 0 aliphatic rings. The summed E-state index contributed by atoms with van der Waals surface area (Å²) in [4.78, 5) is 2.82. The lowest BCUT2D eigenvalue weighted by Gasteiger charge is -2.19. The van der Waals surface area contributed by atoms with Gasteiger partial charge in [-0.2, -0.15) is 13.2 Å². The summed E-state index contributed by atoms with van der Waals surface area (Å²) < 4.78 is 64.4. The van der Waals surface area contributed by atoms with Gasteiger partial charge in [-0.05, 0) is 47.4 Å². The van der Waals surface area contributed by atoms with Crippen molar-refractivity contribution >= 4 is 20.7 Å². The molecule has 2 aromatic carbocycles. The summed E-state index contributed by atoms with van der Waals surface area (Å²) in [5, 5.41) is 0.0725. The molecule has 0 amide bonds. The molecule has 0 radical (unpaired) electrons. The SMILES string of the molecule is CC(C)(C)c1cccc(S(=O)(=O)c2cc3cc(C(F)(F)F)ccc3[nH]2)c1. The second-order valence-corrected chi connectivity index (χ2v) is 9.13. The minimum atomic E-state index is -4.48. The summed E-state index contributed by atoms with van der Waals surface area (Å²) >= 11 is 0. The Morgan fingerprint density at radius 2 is 1.58 bits per heavy atom. The predicted octanol–water partition coefficient (Wildman–Crippen LogP) is 5.32. The number of fused-ring (bicyclic) bond motifs is 1. The molecule has 3 nitrogen and oxygen atoms in total. The van der Waals surface area contributed by atoms with Crippen LogP contribution in [-0.4, -0.2) is 13.4 Å². The van der Waals surface area contributed by atoms with Crippen LogP contribution in [0.5, 0.6) is 0 Å². The lowest BCUT2D eigenvalue weighted by molar-refractivity contribution is -0.137. The molecule has 1 aromatic heterocycles. The lowest BCUT2D eigenvalue weighted by atomic mass is 9.87. The molecule has 0 atom stereocenters. The molecule has 1 N–H and O–H groups in total. The molecular weight excluding hydrogens is 363 g/mol. The Kier molecular flexibility index (Phi) is 4.18. The van der Waals surface area contributed by atoms with E-state index in [1.807, 2.05) is 26.8 Å². The van der Waals surface area contributed by atoms with Gasteiger partial charge in [0.1, 0.15) is 5.03 Å². The third-order valence-corrected chi connectivity index (χ3v) is 5.90. The molecule has 3 aromatic rings. The Morgan fingerprint density at radius 3 is 2.19 bits per heavy atom. The van der Waals surface area contributed by atoms with E-state index in [1.165, 1.54) is 18.2 Å². The Balaban J connectivity index is 2.10. The van der Waals surface area contributed by atoms with E-state index in [2.05, 4.69) is 4.98 Å². The van der Waals surface area contributed by atoms with Gasteiger partial charge in [-0.3, -0.25) is 0 Å². The van der Waals surface area contributed by atoms with Gasteiger partial charge in [-0.25, -0.2) is 8.42 Å². The molecule has 7 heteroatoms. The molecule has 0 bridgehead atoms. The van der Waals surface area contributed by atoms with Gasteiger partial charge in [-0.1, -0.05) is 32.9 Å². The Bertz CT molecular complexity index is 1070. The lowest BCUT2D eigenvalue weighted by Crippen LogP contribution is -2.12. The minimum absolute atomic E-state index is 0.104. The highest BCUT2D eigenvalue weighted by molar-refractivity contribution is 7.91. The topological polar surface area (TPSA) is 49.9 Å². The highest BCUT2D eigenvalue weighted by atomic mass is 32.2. The summed E-state index contributed by atoms with van der Waals surface area (Å²) in [7, 11) is -3.87. The monoisotopic (exact) mass is 381 g/mol. The largest absolute Gasteiger partial charge is 0.416 e. The van der Waals surface area contributed by atoms with E-state index in [1.54, 1.807) is 12.1 Å². The molecule has 1 heterocycles. The number of alkyl halides is 3. The fraction of sp³-hybridized carbons (Fsp3) is 0.263. The van der Waals surface area contributed by atoms with Gasteiger partial charge >= 0.3 is 6.18 Å². The average Bonchev–Trinajstić information content (AvgIpc) is 2.97. The van der Waals surface area contributed by atoms with Crippen LogP contribution >= 0.6 is 0 Å². The van der Waals surface area contributed by atoms with Crippen LogP contribution in [0.4, 0.5) is 13.2 Å². The van der Waals surface area contributed by atoms with Crippen molar-refractivity contribution in [3.05, 3.63) is 59.7 Å². The van der Waals surface area contributed by atoms with Crippen LogP contribution in [0.25, 0.3) is 10.9 Å². The fourth-order valence-corrected chi connectivity index (χ4v) is 4.00. The van der Waals surface area contributed by atoms with Gasteiger partial charge < -0.3 is 4.98 Å². The van der Waals surface area contributed by atoms with E-state index < -0.39 is 21.6 Å². The quantitative estimate of drug-likeness (QED) is 0.653. The zero-order chi connectivity index (χ0) is 19.3. The van der Waals surface area contributed by atoms with Crippen LogP contribution in [0.15, 0.2) is 58.5 Å². The second kappa shape index (κ2) is 5.87. The van der Waals surface area contributed by atoms with Crippen LogP contribution < -0.4 is 0 Å². The molecule has 138 valence electrons. The summed E-state index contributed by atoms with van der Waals surface area (Å²) in [5.74, 6) is 0. The van der Waals surface area contributed by atoms with E-state index >= 15 is 0 Å². The highest BCUT2D eigenvalue weighted by Crippen LogP contribution is 2.33. The maximum Gasteiger partial charge on any atom is 0.416 e. The Labute approximate surface area is 149 Å². The van der Waals surface area contributed by atoms with Crippen molar-refractivity contribution in [2.45, 2.75) is 42.3 Å². The van der Waals surface area contributed by atoms with Crippen molar-refractivity contribution < 1.29 is 21.6 Å². The van der Waals surface area contributed by atoms with Crippen LogP contribution in [-0.2, 0) is 21.4 Å². The highest BCUT2D eigenvalue weighted by Gasteiger charge is 2.31. The van der Waals surface area contributed by atoms with E-state index in [0.29, 0.717) is 5.52 Å². The maximum atomic E-state index is 12.9. The van der Waals surface area contributed by atoms with E-state index in [0.717, 1.165) is 17.7 Å². The number of aromatic amines is 1. The molecule has 0 aliphatic carbocycles. The van der Waals surface area contributed by atoms with Crippen molar-refractivity contribution in [2.24, 2.45) is 0 Å². The number of H-pyrrole nitrogens is 1. The molecule has 26 heavy (non-hydrogen) atoms. The second-order valence-electron chi connectivity index (χ2n) is 7.21. The van der Waals surface area contributed by atoms with Gasteiger partial charge in [0.15, 0.2) is 0 Å². The van der Waals surface area contributed by atoms with Crippen molar-refractivity contribution in [3.8, 4) is 0 Å². The summed E-state index contributed by atoms with van der Waals surface area (Å²) in [6.45, 7) is 5.92. The van der Waals surface area contributed by atoms with Gasteiger partial charge in [0.05, 0.1) is 10.5 Å². The first-order valence-corrected chi connectivity index (χ1v) is 9.43. The molecule has 0 saturated carbocycles. The molecule has 3 rings (SSSR count). The third kappa shape index (κ3) is 3.35. The smallest absolute Gasteiger partial charge is 0.345 e. The van der Waals surface area contributed by atoms with Gasteiger partial charge in [0.25, 0.3) is 0 Å². The molecule has 0 spiro atoms. The van der Waals surface area contributed by atoms with Gasteiger partial charge in [0.2, 0.25) is 9.84 Å². The van der Waals surface area contributed by atoms with E-state index in [-0.39, 0.29) is 20.7 Å². The van der Waals surface area contributed by atoms with E-state index in [4.69, 9.17) is 0 Å². The molecular formula is C19H18F3NO2S. The maximum absolute atomic E-state index is 12.9. The molecule has 0 fully saturated rings. The van der Waals surface area contributed by atoms with Crippen LogP contribution in [0, 0.1) is 0 Å². The van der Waals surface area contributed by atoms with Crippen molar-refractivity contribution in [2.75, 3.05) is 0 Å². The van der Waals surface area contributed by atoms with Gasteiger partial charge in [0, 0.05) is 10.9 Å². The van der Waals surface area contributed by atoms with Crippen LogP contribution in [0.1, 0.15) is 31.9 Å². The normalized spacial score (nSPS) is 13.3. The Morgan fingerprint density at radius 1 is 0.885 bits per heavy atom. The summed E-state index contributed by atoms with van der Waals surface area (Å²) in [5.41, 5.74) is 0.147. The number of benzene rings is 2. The molecule has 0 saturated heterocycles. The van der Waals surface area contributed by atoms with Crippen molar-refractivity contribution in [3.63, 3.8) is 0 Å². The van der Waals surface area contributed by atoms with Crippen LogP contribution in [0.3, 0.4) is 0 Å².